The molecule has 56 valence electrons. The summed E-state index contributed by atoms with van der Waals surface area (Å²) < 4.78 is 0. The van der Waals surface area contributed by atoms with E-state index in [1.54, 1.807) is 0 Å². The van der Waals surface area contributed by atoms with Crippen molar-refractivity contribution in [1.29, 1.82) is 0 Å². The topological polar surface area (TPSA) is 48.2 Å². The van der Waals surface area contributed by atoms with Gasteiger partial charge in [-0.2, -0.15) is 0 Å². The summed E-state index contributed by atoms with van der Waals surface area (Å²) in [5.74, 6) is -1.18. The molecule has 0 aromatic rings. The molecule has 0 spiro atoms. The van der Waals surface area contributed by atoms with Crippen LogP contribution < -0.4 is 0 Å². The van der Waals surface area contributed by atoms with E-state index in [0.717, 1.165) is 0 Å². The zero-order valence-corrected chi connectivity index (χ0v) is 6.57. The maximum absolute atomic E-state index is 10.00. The van der Waals surface area contributed by atoms with Gasteiger partial charge in [0.05, 0.1) is 0 Å². The Morgan fingerprint density at radius 2 is 1.67 bits per heavy atom. The average Bonchev–Trinajstić information content (AvgIpc) is 1.65. The van der Waals surface area contributed by atoms with Crippen LogP contribution >= 0.6 is 0 Å². The quantitative estimate of drug-likeness (QED) is 0.331. The van der Waals surface area contributed by atoms with Crippen LogP contribution in [0.3, 0.4) is 0 Å². The van der Waals surface area contributed by atoms with E-state index in [0.29, 0.717) is 0 Å². The molecule has 0 radical (unpaired) electrons. The van der Waals surface area contributed by atoms with Crippen LogP contribution in [0.25, 0.3) is 5.32 Å². The molecule has 0 bridgehead atoms. The van der Waals surface area contributed by atoms with Gasteiger partial charge in [0.2, 0.25) is 0 Å². The summed E-state index contributed by atoms with van der Waals surface area (Å²) in [6.07, 6.45) is 0. The number of hydrogen-bond acceptors (Lipinski definition) is 2. The van der Waals surface area contributed by atoms with Crippen molar-refractivity contribution < 1.29 is 26.1 Å². The Morgan fingerprint density at radius 1 is 1.33 bits per heavy atom. The summed E-state index contributed by atoms with van der Waals surface area (Å²) in [6.45, 7) is 1.19. The predicted octanol–water partition coefficient (Wildman–Crippen LogP) is 0.553. The smallest absolute Gasteiger partial charge is 0.649 e. The number of carbonyl (C=O) groups is 2. The number of rotatable bonds is 1. The van der Waals surface area contributed by atoms with Crippen molar-refractivity contribution in [3.05, 3.63) is 12.7 Å². The number of amides is 1. The molecule has 0 saturated carbocycles. The number of Topliss-reactive ketones (excluding diaryl/α,β-unsaturated/α-hetero) is 1. The largest absolute Gasteiger partial charge is 2.00 e. The first-order valence-electron chi connectivity index (χ1n) is 1.83. The molecule has 0 aromatic carbocycles. The van der Waals surface area contributed by atoms with Crippen molar-refractivity contribution in [3.8, 4) is 0 Å². The van der Waals surface area contributed by atoms with E-state index in [-0.39, 0.29) is 23.9 Å². The molecule has 0 aliphatic carbocycles. The Kier molecular flexibility index (Phi) is 13.4. The van der Waals surface area contributed by atoms with Gasteiger partial charge in [-0.1, -0.05) is 0 Å². The monoisotopic (exact) mass is 173 g/mol. The van der Waals surface area contributed by atoms with Gasteiger partial charge >= 0.3 is 16.5 Å². The molecule has 9 heavy (non-hydrogen) atoms. The molecule has 0 aromatic heterocycles. The van der Waals surface area contributed by atoms with Gasteiger partial charge in [-0.05, 0) is 0 Å². The third-order valence-electron chi connectivity index (χ3n) is 0.504. The molecule has 0 aliphatic heterocycles. The summed E-state index contributed by atoms with van der Waals surface area (Å²) >= 11 is 0. The Labute approximate surface area is 65.1 Å². The van der Waals surface area contributed by atoms with Crippen LogP contribution in [0.5, 0.6) is 0 Å². The number of carbonyl (C=O) groups excluding carboxylic acids is 2. The second-order valence-electron chi connectivity index (χ2n) is 1.08. The van der Waals surface area contributed by atoms with Crippen molar-refractivity contribution in [2.45, 2.75) is 6.92 Å². The minimum absolute atomic E-state index is 0. The van der Waals surface area contributed by atoms with Crippen LogP contribution in [0.4, 0.5) is 0 Å². The molecule has 0 heterocycles. The maximum Gasteiger partial charge on any atom is 2.00 e. The maximum atomic E-state index is 10.00. The van der Waals surface area contributed by atoms with E-state index in [2.05, 4.69) is 5.32 Å². The van der Waals surface area contributed by atoms with Gasteiger partial charge in [-0.3, -0.25) is 4.79 Å². The summed E-state index contributed by atoms with van der Waals surface area (Å²) in [6, 6.07) is 0. The zero-order valence-electron chi connectivity index (χ0n) is 5.58. The Hall–Kier alpha value is -0.366. The van der Waals surface area contributed by atoms with E-state index in [1.807, 2.05) is 0 Å². The summed E-state index contributed by atoms with van der Waals surface area (Å²) in [5, 5.41) is 3.10. The normalized spacial score (nSPS) is 6.00. The molecule has 0 N–H and O–H groups in total. The first kappa shape index (κ1) is 15.9. The van der Waals surface area contributed by atoms with Gasteiger partial charge in [-0.15, -0.1) is 7.05 Å². The fourth-order valence-electron chi connectivity index (χ4n) is 0.157. The SMILES string of the molecule is C[N-]C(=O)C(C)=O.[CH3-].[Ni+2]. The molecular formula is C5H9NNiO2. The average molecular weight is 174 g/mol. The summed E-state index contributed by atoms with van der Waals surface area (Å²) in [7, 11) is 1.30. The zero-order chi connectivity index (χ0) is 5.86. The second-order valence-corrected chi connectivity index (χ2v) is 1.08. The Balaban J connectivity index is -0.000000180. The van der Waals surface area contributed by atoms with Gasteiger partial charge in [0.1, 0.15) is 5.91 Å². The van der Waals surface area contributed by atoms with Gasteiger partial charge in [0.15, 0.2) is 5.78 Å². The van der Waals surface area contributed by atoms with Gasteiger partial charge in [0, 0.05) is 6.92 Å². The molecule has 3 nitrogen and oxygen atoms in total. The Bertz CT molecular complexity index is 103. The molecule has 1 amide bonds. The van der Waals surface area contributed by atoms with E-state index in [1.165, 1.54) is 14.0 Å². The molecule has 0 saturated heterocycles. The third kappa shape index (κ3) is 7.63. The van der Waals surface area contributed by atoms with Crippen LogP contribution in [0.2, 0.25) is 0 Å². The fourth-order valence-corrected chi connectivity index (χ4v) is 0.157. The third-order valence-corrected chi connectivity index (χ3v) is 0.504. The number of likely N-dealkylation sites (N-methyl/N-ethyl adjacent to an activating group) is 1. The molecule has 0 unspecified atom stereocenters. The summed E-state index contributed by atoms with van der Waals surface area (Å²) in [5.41, 5.74) is 0. The van der Waals surface area contributed by atoms with Crippen molar-refractivity contribution in [2.75, 3.05) is 7.05 Å². The standard InChI is InChI=1S/C4H7NO2.CH3.Ni/c1-3(6)4(7)5-2;;/h1-2H3,(H,5,7);1H3;/q;-1;+2/p-1. The molecule has 0 aliphatic rings. The van der Waals surface area contributed by atoms with Crippen molar-refractivity contribution >= 4 is 11.7 Å². The Morgan fingerprint density at radius 3 is 1.67 bits per heavy atom. The molecule has 4 heteroatoms. The first-order valence-corrected chi connectivity index (χ1v) is 1.83. The first-order chi connectivity index (χ1) is 3.18. The minimum Gasteiger partial charge on any atom is -0.649 e. The van der Waals surface area contributed by atoms with E-state index in [9.17, 15) is 9.59 Å². The van der Waals surface area contributed by atoms with Crippen molar-refractivity contribution in [2.24, 2.45) is 0 Å². The van der Waals surface area contributed by atoms with Crippen molar-refractivity contribution in [3.63, 3.8) is 0 Å². The van der Waals surface area contributed by atoms with Crippen LogP contribution in [-0.2, 0) is 26.1 Å². The molecule has 0 fully saturated rings. The number of ketones is 1. The minimum atomic E-state index is -0.667. The fraction of sp³-hybridized carbons (Fsp3) is 0.400. The molecule has 0 atom stereocenters. The number of nitrogens with zero attached hydrogens (tertiary/aromatic N) is 1. The van der Waals surface area contributed by atoms with Gasteiger partial charge < -0.3 is 17.5 Å². The summed E-state index contributed by atoms with van der Waals surface area (Å²) in [4.78, 5) is 19.9. The molecular weight excluding hydrogens is 165 g/mol. The van der Waals surface area contributed by atoms with Crippen LogP contribution in [0.15, 0.2) is 0 Å². The number of hydrogen-bond donors (Lipinski definition) is 0. The van der Waals surface area contributed by atoms with Crippen LogP contribution in [-0.4, -0.2) is 18.7 Å². The predicted molar refractivity (Wildman–Crippen MR) is 31.4 cm³/mol. The van der Waals surface area contributed by atoms with Gasteiger partial charge in [-0.25, -0.2) is 0 Å². The second kappa shape index (κ2) is 7.63. The van der Waals surface area contributed by atoms with Crippen LogP contribution in [0.1, 0.15) is 6.92 Å². The van der Waals surface area contributed by atoms with E-state index >= 15 is 0 Å². The molecule has 0 rings (SSSR count). The van der Waals surface area contributed by atoms with Crippen molar-refractivity contribution in [1.82, 2.24) is 0 Å². The van der Waals surface area contributed by atoms with E-state index < -0.39 is 11.7 Å². The van der Waals surface area contributed by atoms with E-state index in [4.69, 9.17) is 0 Å². The van der Waals surface area contributed by atoms with Gasteiger partial charge in [0.25, 0.3) is 0 Å². The van der Waals surface area contributed by atoms with Crippen LogP contribution in [0, 0.1) is 7.43 Å².